The monoisotopic (exact) mass is 481 g/mol. The summed E-state index contributed by atoms with van der Waals surface area (Å²) in [5, 5.41) is 15.3. The molecule has 0 radical (unpaired) electrons. The average molecular weight is 482 g/mol. The Balaban J connectivity index is 1.62. The highest BCUT2D eigenvalue weighted by Crippen LogP contribution is 2.38. The number of tetrazole rings is 1. The summed E-state index contributed by atoms with van der Waals surface area (Å²) in [5.74, 6) is 1.11. The lowest BCUT2D eigenvalue weighted by molar-refractivity contribution is -0.131. The van der Waals surface area contributed by atoms with Crippen LogP contribution < -0.4 is 15.1 Å². The Labute approximate surface area is 208 Å². The molecule has 2 aliphatic rings. The van der Waals surface area contributed by atoms with Crippen molar-refractivity contribution in [3.05, 3.63) is 30.1 Å². The average Bonchev–Trinajstić information content (AvgIpc) is 3.55. The first-order valence-corrected chi connectivity index (χ1v) is 12.8. The summed E-state index contributed by atoms with van der Waals surface area (Å²) in [5.41, 5.74) is 1.94. The summed E-state index contributed by atoms with van der Waals surface area (Å²) in [6, 6.07) is 7.39. The number of carbonyl (C=O) groups excluding carboxylic acids is 2. The molecule has 0 saturated heterocycles. The number of fused-ring (bicyclic) bond motifs is 1. The van der Waals surface area contributed by atoms with Gasteiger partial charge in [0.1, 0.15) is 6.04 Å². The lowest BCUT2D eigenvalue weighted by atomic mass is 9.77. The van der Waals surface area contributed by atoms with Gasteiger partial charge in [0.05, 0.1) is 11.4 Å². The van der Waals surface area contributed by atoms with Crippen LogP contribution in [0.25, 0.3) is 0 Å². The summed E-state index contributed by atoms with van der Waals surface area (Å²) in [7, 11) is 3.61. The molecule has 4 rings (SSSR count). The van der Waals surface area contributed by atoms with E-state index in [-0.39, 0.29) is 29.6 Å². The van der Waals surface area contributed by atoms with Crippen LogP contribution in [0.1, 0.15) is 58.7 Å². The second-order valence-corrected chi connectivity index (χ2v) is 11.0. The van der Waals surface area contributed by atoms with Crippen LogP contribution in [0.2, 0.25) is 0 Å². The fraction of sp³-hybridized carbons (Fsp3) is 0.654. The second-order valence-electron chi connectivity index (χ2n) is 11.0. The molecule has 2 heterocycles. The molecule has 9 heteroatoms. The molecule has 0 unspecified atom stereocenters. The maximum Gasteiger partial charge on any atom is 0.251 e. The molecule has 3 atom stereocenters. The highest BCUT2D eigenvalue weighted by molar-refractivity contribution is 6.03. The van der Waals surface area contributed by atoms with E-state index in [1.165, 1.54) is 12.8 Å². The van der Waals surface area contributed by atoms with Gasteiger partial charge in [-0.1, -0.05) is 39.8 Å². The fourth-order valence-corrected chi connectivity index (χ4v) is 5.32. The minimum atomic E-state index is -0.626. The molecule has 2 aromatic rings. The predicted octanol–water partition coefficient (Wildman–Crippen LogP) is 2.99. The van der Waals surface area contributed by atoms with Crippen LogP contribution in [0, 0.1) is 23.7 Å². The van der Waals surface area contributed by atoms with Gasteiger partial charge in [-0.25, -0.2) is 4.68 Å². The maximum absolute atomic E-state index is 13.9. The number of benzene rings is 1. The van der Waals surface area contributed by atoms with Crippen LogP contribution in [-0.4, -0.2) is 58.2 Å². The molecule has 0 spiro atoms. The third-order valence-electron chi connectivity index (χ3n) is 7.27. The second kappa shape index (κ2) is 10.3. The number of hydrogen-bond acceptors (Lipinski definition) is 6. The zero-order valence-corrected chi connectivity index (χ0v) is 21.8. The Morgan fingerprint density at radius 1 is 1.11 bits per heavy atom. The lowest BCUT2D eigenvalue weighted by Gasteiger charge is -2.32. The van der Waals surface area contributed by atoms with Gasteiger partial charge in [-0.3, -0.25) is 9.59 Å². The standard InChI is InChI=1S/C26H39N7O2/c1-16(2)13-19(23(17(3)4)24-28-29-30-32(24)6)25(34)27-20-15-33(14-18-11-12-18)22-10-8-7-9-21(22)31(5)26(20)35/h7-10,16-20,23H,11-15H2,1-6H3,(H,27,34)/t19-,20+,23-/m1/s1. The van der Waals surface area contributed by atoms with E-state index in [4.69, 9.17) is 0 Å². The van der Waals surface area contributed by atoms with Gasteiger partial charge in [0.2, 0.25) is 5.91 Å². The number of nitrogens with zero attached hydrogens (tertiary/aromatic N) is 6. The number of aromatic nitrogens is 4. The molecular weight excluding hydrogens is 442 g/mol. The Kier molecular flexibility index (Phi) is 7.42. The Morgan fingerprint density at radius 3 is 2.37 bits per heavy atom. The number of nitrogens with one attached hydrogen (secondary N) is 1. The van der Waals surface area contributed by atoms with E-state index in [2.05, 4.69) is 59.5 Å². The van der Waals surface area contributed by atoms with Crippen LogP contribution in [0.15, 0.2) is 24.3 Å². The highest BCUT2D eigenvalue weighted by Gasteiger charge is 2.40. The first-order valence-electron chi connectivity index (χ1n) is 12.8. The van der Waals surface area contributed by atoms with Crippen molar-refractivity contribution in [1.82, 2.24) is 25.5 Å². The van der Waals surface area contributed by atoms with Crippen molar-refractivity contribution >= 4 is 23.2 Å². The van der Waals surface area contributed by atoms with Crippen LogP contribution in [0.4, 0.5) is 11.4 Å². The highest BCUT2D eigenvalue weighted by atomic mass is 16.2. The van der Waals surface area contributed by atoms with E-state index in [0.717, 1.165) is 17.9 Å². The van der Waals surface area contributed by atoms with Gasteiger partial charge in [0.15, 0.2) is 5.82 Å². The minimum absolute atomic E-state index is 0.0891. The van der Waals surface area contributed by atoms with E-state index < -0.39 is 6.04 Å². The van der Waals surface area contributed by atoms with Crippen LogP contribution in [-0.2, 0) is 16.6 Å². The molecule has 1 saturated carbocycles. The molecule has 2 amide bonds. The molecule has 0 bridgehead atoms. The van der Waals surface area contributed by atoms with E-state index in [0.29, 0.717) is 30.6 Å². The zero-order valence-electron chi connectivity index (χ0n) is 21.8. The van der Waals surface area contributed by atoms with Crippen molar-refractivity contribution in [3.63, 3.8) is 0 Å². The molecule has 1 aromatic carbocycles. The van der Waals surface area contributed by atoms with Gasteiger partial charge in [0, 0.05) is 39.0 Å². The number of anilines is 2. The number of carbonyl (C=O) groups is 2. The van der Waals surface area contributed by atoms with E-state index in [9.17, 15) is 9.59 Å². The molecule has 1 aliphatic carbocycles. The fourth-order valence-electron chi connectivity index (χ4n) is 5.32. The third kappa shape index (κ3) is 5.49. The summed E-state index contributed by atoms with van der Waals surface area (Å²) < 4.78 is 1.66. The van der Waals surface area contributed by atoms with E-state index in [1.807, 2.05) is 25.2 Å². The number of likely N-dealkylation sites (N-methyl/N-ethyl adjacent to an activating group) is 1. The minimum Gasteiger partial charge on any atom is -0.367 e. The SMILES string of the molecule is CC(C)C[C@@H](C(=O)N[C@H]1CN(CC2CC2)c2ccccc2N(C)C1=O)[C@H](c1nnnn1C)C(C)C. The molecule has 190 valence electrons. The van der Waals surface area contributed by atoms with Crippen molar-refractivity contribution < 1.29 is 9.59 Å². The molecule has 35 heavy (non-hydrogen) atoms. The predicted molar refractivity (Wildman–Crippen MR) is 136 cm³/mol. The van der Waals surface area contributed by atoms with Crippen molar-refractivity contribution in [3.8, 4) is 0 Å². The molecular formula is C26H39N7O2. The van der Waals surface area contributed by atoms with E-state index >= 15 is 0 Å². The number of aryl methyl sites for hydroxylation is 1. The lowest BCUT2D eigenvalue weighted by Crippen LogP contribution is -2.53. The molecule has 1 fully saturated rings. The maximum atomic E-state index is 13.9. The number of hydrogen-bond donors (Lipinski definition) is 1. The van der Waals surface area contributed by atoms with Gasteiger partial charge in [-0.15, -0.1) is 5.10 Å². The number of rotatable bonds is 9. The zero-order chi connectivity index (χ0) is 25.3. The Hall–Kier alpha value is -2.97. The van der Waals surface area contributed by atoms with Crippen LogP contribution in [0.3, 0.4) is 0 Å². The van der Waals surface area contributed by atoms with Crippen LogP contribution >= 0.6 is 0 Å². The number of amides is 2. The van der Waals surface area contributed by atoms with Crippen LogP contribution in [0.5, 0.6) is 0 Å². The van der Waals surface area contributed by atoms with Crippen molar-refractivity contribution in [2.75, 3.05) is 29.9 Å². The number of para-hydroxylation sites is 2. The third-order valence-corrected chi connectivity index (χ3v) is 7.27. The molecule has 1 aromatic heterocycles. The molecule has 9 nitrogen and oxygen atoms in total. The van der Waals surface area contributed by atoms with Crippen molar-refractivity contribution in [1.29, 1.82) is 0 Å². The van der Waals surface area contributed by atoms with Crippen molar-refractivity contribution in [2.45, 2.75) is 58.9 Å². The van der Waals surface area contributed by atoms with E-state index in [1.54, 1.807) is 16.6 Å². The van der Waals surface area contributed by atoms with Gasteiger partial charge >= 0.3 is 0 Å². The first kappa shape index (κ1) is 25.1. The Morgan fingerprint density at radius 2 is 1.80 bits per heavy atom. The van der Waals surface area contributed by atoms with Gasteiger partial charge in [-0.05, 0) is 59.6 Å². The normalized spacial score (nSPS) is 20.1. The quantitative estimate of drug-likeness (QED) is 0.592. The molecule has 1 N–H and O–H groups in total. The van der Waals surface area contributed by atoms with Gasteiger partial charge in [0.25, 0.3) is 5.91 Å². The van der Waals surface area contributed by atoms with Gasteiger partial charge in [-0.2, -0.15) is 0 Å². The van der Waals surface area contributed by atoms with Gasteiger partial charge < -0.3 is 15.1 Å². The topological polar surface area (TPSA) is 96.2 Å². The summed E-state index contributed by atoms with van der Waals surface area (Å²) in [4.78, 5) is 31.4. The molecule has 1 aliphatic heterocycles. The summed E-state index contributed by atoms with van der Waals surface area (Å²) >= 11 is 0. The first-order chi connectivity index (χ1) is 16.7. The summed E-state index contributed by atoms with van der Waals surface area (Å²) in [6.07, 6.45) is 3.12. The Bertz CT molecular complexity index is 1050. The largest absolute Gasteiger partial charge is 0.367 e. The van der Waals surface area contributed by atoms with Crippen molar-refractivity contribution in [2.24, 2.45) is 30.7 Å². The summed E-state index contributed by atoms with van der Waals surface area (Å²) in [6.45, 7) is 9.79. The smallest absolute Gasteiger partial charge is 0.251 e.